The Kier molecular flexibility index (Phi) is 5.74. The Morgan fingerprint density at radius 1 is 1.33 bits per heavy atom. The molecule has 5 heterocycles. The molecular weight excluding hydrogens is 458 g/mol. The van der Waals surface area contributed by atoms with Crippen molar-refractivity contribution >= 4 is 34.7 Å². The Morgan fingerprint density at radius 2 is 2.14 bits per heavy atom. The zero-order chi connectivity index (χ0) is 25.6. The zero-order valence-electron chi connectivity index (χ0n) is 21.0. The third kappa shape index (κ3) is 4.08. The van der Waals surface area contributed by atoms with Crippen molar-refractivity contribution < 1.29 is 9.53 Å². The summed E-state index contributed by atoms with van der Waals surface area (Å²) in [7, 11) is 1.84. The van der Waals surface area contributed by atoms with E-state index >= 15 is 0 Å². The number of hydrogen-bond donors (Lipinski definition) is 2. The lowest BCUT2D eigenvalue weighted by Crippen LogP contribution is -2.48. The van der Waals surface area contributed by atoms with Gasteiger partial charge in [-0.3, -0.25) is 9.80 Å². The molecule has 1 fully saturated rings. The van der Waals surface area contributed by atoms with Crippen molar-refractivity contribution in [1.82, 2.24) is 24.5 Å². The fraction of sp³-hybridized carbons (Fsp3) is 0.440. The van der Waals surface area contributed by atoms with Gasteiger partial charge in [-0.05, 0) is 24.3 Å². The van der Waals surface area contributed by atoms with Crippen molar-refractivity contribution in [2.75, 3.05) is 17.2 Å². The van der Waals surface area contributed by atoms with Gasteiger partial charge in [-0.25, -0.2) is 9.97 Å². The summed E-state index contributed by atoms with van der Waals surface area (Å²) in [4.78, 5) is 24.5. The number of pyridine rings is 2. The van der Waals surface area contributed by atoms with E-state index in [9.17, 15) is 10.1 Å². The van der Waals surface area contributed by atoms with Crippen LogP contribution < -0.4 is 15.4 Å². The van der Waals surface area contributed by atoms with Gasteiger partial charge in [0.15, 0.2) is 11.4 Å². The molecule has 2 N–H and O–H groups in total. The van der Waals surface area contributed by atoms with Gasteiger partial charge in [0.2, 0.25) is 11.9 Å². The van der Waals surface area contributed by atoms with Crippen LogP contribution in [0.3, 0.4) is 0 Å². The first-order valence-corrected chi connectivity index (χ1v) is 12.0. The lowest BCUT2D eigenvalue weighted by molar-refractivity contribution is -0.114. The molecule has 0 spiro atoms. The van der Waals surface area contributed by atoms with E-state index in [-0.39, 0.29) is 23.0 Å². The van der Waals surface area contributed by atoms with E-state index in [1.54, 1.807) is 16.7 Å². The number of fused-ring (bicyclic) bond motifs is 2. The molecule has 2 unspecified atom stereocenters. The molecular formula is C25H29N9O2. The summed E-state index contributed by atoms with van der Waals surface area (Å²) < 4.78 is 7.77. The Balaban J connectivity index is 1.45. The van der Waals surface area contributed by atoms with E-state index in [0.717, 1.165) is 18.8 Å². The summed E-state index contributed by atoms with van der Waals surface area (Å²) in [6.45, 7) is 9.16. The highest BCUT2D eigenvalue weighted by atomic mass is 16.5. The Hall–Kier alpha value is -4.20. The molecule has 11 nitrogen and oxygen atoms in total. The molecule has 3 aromatic heterocycles. The number of piperidine rings is 1. The van der Waals surface area contributed by atoms with Crippen molar-refractivity contribution in [1.29, 1.82) is 5.26 Å². The Labute approximate surface area is 209 Å². The molecule has 3 aromatic rings. The van der Waals surface area contributed by atoms with Gasteiger partial charge < -0.3 is 19.9 Å². The van der Waals surface area contributed by atoms with Crippen molar-refractivity contribution in [3.63, 3.8) is 0 Å². The maximum atomic E-state index is 11.3. The van der Waals surface area contributed by atoms with Crippen molar-refractivity contribution in [3.8, 4) is 17.6 Å². The van der Waals surface area contributed by atoms with Crippen LogP contribution in [0.5, 0.6) is 11.5 Å². The molecule has 0 saturated carbocycles. The number of nitrogens with one attached hydrogen (secondary N) is 2. The second kappa shape index (κ2) is 8.78. The topological polar surface area (TPSA) is 133 Å². The van der Waals surface area contributed by atoms with Crippen LogP contribution in [0.25, 0.3) is 11.2 Å². The molecule has 1 amide bonds. The number of ether oxygens (including phenoxy) is 1. The SMILES string of the molecule is CC(=O)Nc1cc(Oc2cnc3nc(NC4=NN5CCCC(C)(C)C5C4C)n(C)c3c2C#N)ccn1. The number of amides is 1. The maximum absolute atomic E-state index is 11.3. The van der Waals surface area contributed by atoms with Crippen LogP contribution in [0.15, 0.2) is 29.6 Å². The van der Waals surface area contributed by atoms with Gasteiger partial charge in [0.05, 0.1) is 12.2 Å². The van der Waals surface area contributed by atoms with E-state index in [4.69, 9.17) is 9.84 Å². The second-order valence-corrected chi connectivity index (χ2v) is 10.0. The monoisotopic (exact) mass is 487 g/mol. The highest BCUT2D eigenvalue weighted by Gasteiger charge is 2.46. The molecule has 0 bridgehead atoms. The lowest BCUT2D eigenvalue weighted by Gasteiger charge is -2.43. The Bertz CT molecular complexity index is 1420. The summed E-state index contributed by atoms with van der Waals surface area (Å²) in [6, 6.07) is 5.79. The van der Waals surface area contributed by atoms with Crippen LogP contribution in [-0.2, 0) is 11.8 Å². The van der Waals surface area contributed by atoms with Crippen LogP contribution in [0.2, 0.25) is 0 Å². The number of aromatic nitrogens is 4. The van der Waals surface area contributed by atoms with E-state index in [1.165, 1.54) is 25.7 Å². The second-order valence-electron chi connectivity index (χ2n) is 10.0. The number of imidazole rings is 1. The summed E-state index contributed by atoms with van der Waals surface area (Å²) in [6.07, 6.45) is 5.30. The number of rotatable bonds is 4. The number of carbonyl (C=O) groups is 1. The summed E-state index contributed by atoms with van der Waals surface area (Å²) in [5.74, 6) is 2.45. The first-order valence-electron chi connectivity index (χ1n) is 12.0. The normalized spacial score (nSPS) is 20.4. The van der Waals surface area contributed by atoms with Gasteiger partial charge >= 0.3 is 0 Å². The summed E-state index contributed by atoms with van der Waals surface area (Å²) in [5, 5.41) is 23.1. The molecule has 5 rings (SSSR count). The van der Waals surface area contributed by atoms with Crippen LogP contribution >= 0.6 is 0 Å². The van der Waals surface area contributed by atoms with E-state index in [0.29, 0.717) is 40.3 Å². The largest absolute Gasteiger partial charge is 0.454 e. The number of amidine groups is 1. The van der Waals surface area contributed by atoms with Gasteiger partial charge in [0.25, 0.3) is 0 Å². The Morgan fingerprint density at radius 3 is 2.86 bits per heavy atom. The highest BCUT2D eigenvalue weighted by molar-refractivity contribution is 5.98. The third-order valence-corrected chi connectivity index (χ3v) is 6.95. The minimum absolute atomic E-state index is 0.172. The van der Waals surface area contributed by atoms with Crippen molar-refractivity contribution in [3.05, 3.63) is 30.1 Å². The highest BCUT2D eigenvalue weighted by Crippen LogP contribution is 2.42. The summed E-state index contributed by atoms with van der Waals surface area (Å²) >= 11 is 0. The van der Waals surface area contributed by atoms with E-state index in [2.05, 4.69) is 57.4 Å². The molecule has 1 saturated heterocycles. The van der Waals surface area contributed by atoms with Gasteiger partial charge in [0, 0.05) is 38.7 Å². The third-order valence-electron chi connectivity index (χ3n) is 6.95. The zero-order valence-corrected chi connectivity index (χ0v) is 21.0. The minimum Gasteiger partial charge on any atom is -0.454 e. The molecule has 0 aliphatic carbocycles. The minimum atomic E-state index is -0.240. The molecule has 2 atom stereocenters. The van der Waals surface area contributed by atoms with Gasteiger partial charge in [-0.15, -0.1) is 0 Å². The van der Waals surface area contributed by atoms with Crippen LogP contribution in [0.4, 0.5) is 11.8 Å². The molecule has 0 radical (unpaired) electrons. The molecule has 11 heteroatoms. The number of anilines is 2. The molecule has 2 aliphatic heterocycles. The first-order chi connectivity index (χ1) is 17.2. The van der Waals surface area contributed by atoms with Gasteiger partial charge in [-0.2, -0.15) is 15.3 Å². The van der Waals surface area contributed by atoms with Crippen LogP contribution in [0.1, 0.15) is 46.1 Å². The average molecular weight is 488 g/mol. The number of nitrogens with zero attached hydrogens (tertiary/aromatic N) is 7. The predicted molar refractivity (Wildman–Crippen MR) is 136 cm³/mol. The lowest BCUT2D eigenvalue weighted by atomic mass is 9.72. The fourth-order valence-corrected chi connectivity index (χ4v) is 5.37. The fourth-order valence-electron chi connectivity index (χ4n) is 5.37. The van der Waals surface area contributed by atoms with Gasteiger partial charge in [0.1, 0.15) is 34.6 Å². The standard InChI is InChI=1S/C25H29N9O2/c1-14-21-25(3,4)8-6-10-34(21)32-22(14)30-24-31-23-20(33(24)5)17(12-26)18(13-28-23)36-16-7-9-27-19(11-16)29-15(2)35/h7,9,11,13-14,21H,6,8,10H2,1-5H3,(H,27,29,35)(H,28,30,31,32). The van der Waals surface area contributed by atoms with Crippen molar-refractivity contribution in [2.24, 2.45) is 23.5 Å². The molecule has 0 aromatic carbocycles. The number of carbonyl (C=O) groups excluding carboxylic acids is 1. The molecule has 2 aliphatic rings. The molecule has 186 valence electrons. The van der Waals surface area contributed by atoms with Crippen LogP contribution in [-0.4, -0.2) is 48.9 Å². The van der Waals surface area contributed by atoms with Gasteiger partial charge in [-0.1, -0.05) is 20.8 Å². The number of hydrazone groups is 1. The summed E-state index contributed by atoms with van der Waals surface area (Å²) in [5.41, 5.74) is 1.46. The number of hydrogen-bond acceptors (Lipinski definition) is 9. The first kappa shape index (κ1) is 23.5. The number of aryl methyl sites for hydroxylation is 1. The van der Waals surface area contributed by atoms with E-state index in [1.807, 2.05) is 7.05 Å². The molecule has 36 heavy (non-hydrogen) atoms. The smallest absolute Gasteiger partial charge is 0.222 e. The number of nitriles is 1. The maximum Gasteiger partial charge on any atom is 0.222 e. The van der Waals surface area contributed by atoms with Crippen LogP contribution in [0, 0.1) is 22.7 Å². The van der Waals surface area contributed by atoms with E-state index < -0.39 is 0 Å². The van der Waals surface area contributed by atoms with Crippen molar-refractivity contribution in [2.45, 2.75) is 46.6 Å². The quantitative estimate of drug-likeness (QED) is 0.567. The predicted octanol–water partition coefficient (Wildman–Crippen LogP) is 3.85. The average Bonchev–Trinajstić information content (AvgIpc) is 3.31.